The molecular formula is C15H23N3O3. The Balaban J connectivity index is 2.01. The molecule has 6 heteroatoms. The summed E-state index contributed by atoms with van der Waals surface area (Å²) in [6.07, 6.45) is 1.81. The minimum atomic E-state index is -0.508. The number of rotatable bonds is 3. The number of hydrogen-bond donors (Lipinski definition) is 2. The molecule has 1 fully saturated rings. The van der Waals surface area contributed by atoms with Gasteiger partial charge in [-0.15, -0.1) is 0 Å². The third-order valence-corrected chi connectivity index (χ3v) is 4.07. The number of aryl methyl sites for hydroxylation is 1. The zero-order valence-corrected chi connectivity index (χ0v) is 12.9. The standard InChI is InChI=1S/C15H23N3O3/c1-9-6-10(2)8-18(7-9)13(19)5-4-12-11(3)16-15(21)17-14(12)20/h9-10H,4-8H2,1-3H3,(H2,16,17,20,21). The summed E-state index contributed by atoms with van der Waals surface area (Å²) in [7, 11) is 0. The van der Waals surface area contributed by atoms with Gasteiger partial charge in [0.05, 0.1) is 0 Å². The Labute approximate surface area is 123 Å². The molecule has 0 radical (unpaired) electrons. The van der Waals surface area contributed by atoms with E-state index >= 15 is 0 Å². The second-order valence-corrected chi connectivity index (χ2v) is 6.26. The van der Waals surface area contributed by atoms with Crippen molar-refractivity contribution in [3.63, 3.8) is 0 Å². The Bertz CT molecular complexity index is 622. The van der Waals surface area contributed by atoms with E-state index in [1.807, 2.05) is 4.90 Å². The lowest BCUT2D eigenvalue weighted by atomic mass is 9.91. The van der Waals surface area contributed by atoms with Crippen molar-refractivity contribution >= 4 is 5.91 Å². The molecule has 0 bridgehead atoms. The van der Waals surface area contributed by atoms with Gasteiger partial charge >= 0.3 is 5.69 Å². The van der Waals surface area contributed by atoms with Crippen LogP contribution in [0.1, 0.15) is 37.9 Å². The van der Waals surface area contributed by atoms with E-state index in [1.54, 1.807) is 6.92 Å². The highest BCUT2D eigenvalue weighted by molar-refractivity contribution is 5.76. The summed E-state index contributed by atoms with van der Waals surface area (Å²) in [5.74, 6) is 1.13. The predicted octanol–water partition coefficient (Wildman–Crippen LogP) is 0.809. The maximum absolute atomic E-state index is 12.3. The van der Waals surface area contributed by atoms with E-state index in [0.29, 0.717) is 35.9 Å². The Kier molecular flexibility index (Phi) is 4.65. The number of nitrogens with one attached hydrogen (secondary N) is 2. The van der Waals surface area contributed by atoms with Crippen LogP contribution in [-0.4, -0.2) is 33.9 Å². The van der Waals surface area contributed by atoms with E-state index in [1.165, 1.54) is 0 Å². The van der Waals surface area contributed by atoms with Gasteiger partial charge in [-0.2, -0.15) is 0 Å². The molecule has 0 aromatic carbocycles. The Morgan fingerprint density at radius 1 is 1.19 bits per heavy atom. The Morgan fingerprint density at radius 2 is 1.81 bits per heavy atom. The molecule has 1 aromatic heterocycles. The molecule has 0 saturated carbocycles. The fourth-order valence-electron chi connectivity index (χ4n) is 3.18. The molecular weight excluding hydrogens is 270 g/mol. The van der Waals surface area contributed by atoms with Crippen molar-refractivity contribution in [2.45, 2.75) is 40.0 Å². The van der Waals surface area contributed by atoms with Crippen molar-refractivity contribution in [1.82, 2.24) is 14.9 Å². The summed E-state index contributed by atoms with van der Waals surface area (Å²) in [6.45, 7) is 7.59. The van der Waals surface area contributed by atoms with Crippen LogP contribution < -0.4 is 11.2 Å². The molecule has 116 valence electrons. The quantitative estimate of drug-likeness (QED) is 0.864. The molecule has 2 unspecified atom stereocenters. The fraction of sp³-hybridized carbons (Fsp3) is 0.667. The van der Waals surface area contributed by atoms with E-state index < -0.39 is 11.2 Å². The van der Waals surface area contributed by atoms with E-state index in [0.717, 1.165) is 19.5 Å². The molecule has 2 rings (SSSR count). The molecule has 2 heterocycles. The van der Waals surface area contributed by atoms with Crippen LogP contribution >= 0.6 is 0 Å². The van der Waals surface area contributed by atoms with Crippen molar-refractivity contribution in [1.29, 1.82) is 0 Å². The van der Waals surface area contributed by atoms with Gasteiger partial charge in [0.25, 0.3) is 5.56 Å². The number of aromatic amines is 2. The number of carbonyl (C=O) groups excluding carboxylic acids is 1. The number of carbonyl (C=O) groups is 1. The van der Waals surface area contributed by atoms with Gasteiger partial charge in [-0.3, -0.25) is 14.6 Å². The van der Waals surface area contributed by atoms with Gasteiger partial charge in [-0.05, 0) is 31.6 Å². The summed E-state index contributed by atoms with van der Waals surface area (Å²) in [4.78, 5) is 41.8. The molecule has 1 amide bonds. The number of aromatic nitrogens is 2. The van der Waals surface area contributed by atoms with Crippen LogP contribution in [0.25, 0.3) is 0 Å². The average molecular weight is 293 g/mol. The maximum atomic E-state index is 12.3. The smallest absolute Gasteiger partial charge is 0.325 e. The second-order valence-electron chi connectivity index (χ2n) is 6.26. The summed E-state index contributed by atoms with van der Waals surface area (Å²) in [5.41, 5.74) is 0.119. The maximum Gasteiger partial charge on any atom is 0.325 e. The number of H-pyrrole nitrogens is 2. The van der Waals surface area contributed by atoms with Crippen LogP contribution in [0.2, 0.25) is 0 Å². The van der Waals surface area contributed by atoms with Gasteiger partial charge in [0.15, 0.2) is 0 Å². The van der Waals surface area contributed by atoms with Gasteiger partial charge in [0, 0.05) is 30.8 Å². The molecule has 2 N–H and O–H groups in total. The first-order valence-corrected chi connectivity index (χ1v) is 7.46. The highest BCUT2D eigenvalue weighted by atomic mass is 16.2. The number of amides is 1. The third kappa shape index (κ3) is 3.83. The van der Waals surface area contributed by atoms with E-state index in [2.05, 4.69) is 23.8 Å². The largest absolute Gasteiger partial charge is 0.342 e. The first-order chi connectivity index (χ1) is 9.86. The van der Waals surface area contributed by atoms with Crippen molar-refractivity contribution in [3.05, 3.63) is 32.1 Å². The number of likely N-dealkylation sites (tertiary alicyclic amines) is 1. The minimum absolute atomic E-state index is 0.0819. The normalized spacial score (nSPS) is 22.3. The molecule has 1 aromatic rings. The highest BCUT2D eigenvalue weighted by Crippen LogP contribution is 2.21. The zero-order valence-electron chi connectivity index (χ0n) is 12.9. The zero-order chi connectivity index (χ0) is 15.6. The van der Waals surface area contributed by atoms with E-state index in [4.69, 9.17) is 0 Å². The molecule has 0 aliphatic carbocycles. The van der Waals surface area contributed by atoms with Crippen molar-refractivity contribution < 1.29 is 4.79 Å². The molecule has 21 heavy (non-hydrogen) atoms. The van der Waals surface area contributed by atoms with Crippen LogP contribution in [0.4, 0.5) is 0 Å². The molecule has 1 aliphatic heterocycles. The van der Waals surface area contributed by atoms with Crippen LogP contribution in [0.3, 0.4) is 0 Å². The van der Waals surface area contributed by atoms with Gasteiger partial charge < -0.3 is 9.88 Å². The molecule has 1 saturated heterocycles. The van der Waals surface area contributed by atoms with Gasteiger partial charge in [-0.25, -0.2) is 4.79 Å². The third-order valence-electron chi connectivity index (χ3n) is 4.07. The van der Waals surface area contributed by atoms with Gasteiger partial charge in [0.2, 0.25) is 5.91 Å². The van der Waals surface area contributed by atoms with Gasteiger partial charge in [0.1, 0.15) is 0 Å². The Hall–Kier alpha value is -1.85. The monoisotopic (exact) mass is 293 g/mol. The van der Waals surface area contributed by atoms with Crippen LogP contribution in [0.15, 0.2) is 9.59 Å². The molecule has 2 atom stereocenters. The SMILES string of the molecule is Cc1[nH]c(=O)[nH]c(=O)c1CCC(=O)N1CC(C)CC(C)C1. The molecule has 6 nitrogen and oxygen atoms in total. The van der Waals surface area contributed by atoms with Crippen LogP contribution in [0.5, 0.6) is 0 Å². The van der Waals surface area contributed by atoms with Crippen LogP contribution in [-0.2, 0) is 11.2 Å². The molecule has 1 aliphatic rings. The fourth-order valence-corrected chi connectivity index (χ4v) is 3.18. The predicted molar refractivity (Wildman–Crippen MR) is 80.3 cm³/mol. The van der Waals surface area contributed by atoms with Crippen molar-refractivity contribution in [2.75, 3.05) is 13.1 Å². The Morgan fingerprint density at radius 3 is 2.38 bits per heavy atom. The minimum Gasteiger partial charge on any atom is -0.342 e. The summed E-state index contributed by atoms with van der Waals surface area (Å²) < 4.78 is 0. The van der Waals surface area contributed by atoms with Crippen LogP contribution in [0, 0.1) is 18.8 Å². The first kappa shape index (κ1) is 15.5. The second kappa shape index (κ2) is 6.28. The average Bonchev–Trinajstić information content (AvgIpc) is 2.35. The summed E-state index contributed by atoms with van der Waals surface area (Å²) in [6, 6.07) is 0. The lowest BCUT2D eigenvalue weighted by Crippen LogP contribution is -2.42. The van der Waals surface area contributed by atoms with Crippen molar-refractivity contribution in [3.8, 4) is 0 Å². The van der Waals surface area contributed by atoms with Crippen molar-refractivity contribution in [2.24, 2.45) is 11.8 Å². The van der Waals surface area contributed by atoms with E-state index in [-0.39, 0.29) is 5.91 Å². The lowest BCUT2D eigenvalue weighted by molar-refractivity contribution is -0.133. The highest BCUT2D eigenvalue weighted by Gasteiger charge is 2.25. The molecule has 0 spiro atoms. The topological polar surface area (TPSA) is 86.0 Å². The summed E-state index contributed by atoms with van der Waals surface area (Å²) in [5, 5.41) is 0. The number of nitrogens with zero attached hydrogens (tertiary/aromatic N) is 1. The van der Waals surface area contributed by atoms with Gasteiger partial charge in [-0.1, -0.05) is 13.8 Å². The number of hydrogen-bond acceptors (Lipinski definition) is 3. The first-order valence-electron chi connectivity index (χ1n) is 7.46. The summed E-state index contributed by atoms with van der Waals surface area (Å²) >= 11 is 0. The van der Waals surface area contributed by atoms with E-state index in [9.17, 15) is 14.4 Å². The number of piperidine rings is 1. The lowest BCUT2D eigenvalue weighted by Gasteiger charge is -2.35.